The third-order valence-electron chi connectivity index (χ3n) is 6.23. The van der Waals surface area contributed by atoms with Gasteiger partial charge in [0.1, 0.15) is 11.8 Å². The van der Waals surface area contributed by atoms with E-state index in [-0.39, 0.29) is 6.04 Å². The predicted octanol–water partition coefficient (Wildman–Crippen LogP) is 2.60. The van der Waals surface area contributed by atoms with Gasteiger partial charge in [-0.05, 0) is 54.0 Å². The van der Waals surface area contributed by atoms with E-state index in [1.807, 2.05) is 76.1 Å². The highest BCUT2D eigenvalue weighted by Crippen LogP contribution is 2.31. The first kappa shape index (κ1) is 23.4. The minimum atomic E-state index is -0.414. The number of aromatic nitrogens is 7. The van der Waals surface area contributed by atoms with Crippen molar-refractivity contribution in [2.24, 2.45) is 14.1 Å². The van der Waals surface area contributed by atoms with E-state index in [9.17, 15) is 5.26 Å². The van der Waals surface area contributed by atoms with Crippen LogP contribution in [0.4, 0.5) is 0 Å². The average molecular weight is 460 g/mol. The van der Waals surface area contributed by atoms with Crippen molar-refractivity contribution in [3.63, 3.8) is 0 Å². The number of methoxy groups -OCH3 is 1. The van der Waals surface area contributed by atoms with Crippen LogP contribution in [0.2, 0.25) is 0 Å². The number of hydrogen-bond donors (Lipinski definition) is 1. The van der Waals surface area contributed by atoms with Crippen molar-refractivity contribution in [1.82, 2.24) is 39.9 Å². The Bertz CT molecular complexity index is 1320. The second kappa shape index (κ2) is 9.59. The molecule has 3 aromatic heterocycles. The molecule has 0 amide bonds. The Morgan fingerprint density at radius 1 is 1.18 bits per heavy atom. The van der Waals surface area contributed by atoms with Crippen molar-refractivity contribution in [3.05, 3.63) is 76.1 Å². The standard InChI is InChI=1S/C24H29N9O/c1-15-8-7-9-16(2)23(15)33-24(28-29-30-33)22(20-10-19(11-25)32(5)17(20)3)27-21(14-34-6)18-12-26-31(4)13-18/h7-10,12-13,21-22,27H,14H2,1-6H3. The summed E-state index contributed by atoms with van der Waals surface area (Å²) in [6, 6.07) is 9.67. The van der Waals surface area contributed by atoms with Crippen LogP contribution < -0.4 is 5.32 Å². The zero-order chi connectivity index (χ0) is 24.4. The Kier molecular flexibility index (Phi) is 6.58. The molecular formula is C24H29N9O. The molecule has 0 bridgehead atoms. The fourth-order valence-electron chi connectivity index (χ4n) is 4.33. The summed E-state index contributed by atoms with van der Waals surface area (Å²) in [6.45, 7) is 6.50. The number of tetrazole rings is 1. The number of para-hydroxylation sites is 1. The molecule has 0 radical (unpaired) electrons. The molecule has 1 N–H and O–H groups in total. The van der Waals surface area contributed by atoms with Crippen molar-refractivity contribution in [1.29, 1.82) is 5.26 Å². The fourth-order valence-corrected chi connectivity index (χ4v) is 4.33. The number of rotatable bonds is 8. The Balaban J connectivity index is 1.88. The molecule has 3 heterocycles. The van der Waals surface area contributed by atoms with Crippen molar-refractivity contribution in [2.75, 3.05) is 13.7 Å². The van der Waals surface area contributed by atoms with Crippen molar-refractivity contribution in [3.8, 4) is 11.8 Å². The van der Waals surface area contributed by atoms with E-state index in [4.69, 9.17) is 4.74 Å². The van der Waals surface area contributed by atoms with E-state index in [1.54, 1.807) is 16.5 Å². The van der Waals surface area contributed by atoms with Gasteiger partial charge in [0.25, 0.3) is 0 Å². The van der Waals surface area contributed by atoms with Gasteiger partial charge in [-0.15, -0.1) is 5.10 Å². The number of nitriles is 1. The highest BCUT2D eigenvalue weighted by atomic mass is 16.5. The monoisotopic (exact) mass is 459 g/mol. The van der Waals surface area contributed by atoms with E-state index in [0.717, 1.165) is 33.6 Å². The SMILES string of the molecule is COCC(NC(c1cc(C#N)n(C)c1C)c1nnnn1-c1c(C)cccc1C)c1cnn(C)c1. The quantitative estimate of drug-likeness (QED) is 0.431. The minimum Gasteiger partial charge on any atom is -0.383 e. The number of hydrogen-bond acceptors (Lipinski definition) is 7. The maximum atomic E-state index is 9.65. The lowest BCUT2D eigenvalue weighted by Gasteiger charge is -2.25. The second-order valence-electron chi connectivity index (χ2n) is 8.49. The summed E-state index contributed by atoms with van der Waals surface area (Å²) in [7, 11) is 5.44. The lowest BCUT2D eigenvalue weighted by Crippen LogP contribution is -2.32. The van der Waals surface area contributed by atoms with Crippen LogP contribution in [0.3, 0.4) is 0 Å². The maximum absolute atomic E-state index is 9.65. The van der Waals surface area contributed by atoms with Gasteiger partial charge in [0, 0.05) is 38.7 Å². The van der Waals surface area contributed by atoms with Gasteiger partial charge in [0.2, 0.25) is 0 Å². The maximum Gasteiger partial charge on any atom is 0.178 e. The third kappa shape index (κ3) is 4.23. The summed E-state index contributed by atoms with van der Waals surface area (Å²) in [5, 5.41) is 30.5. The van der Waals surface area contributed by atoms with E-state index in [2.05, 4.69) is 32.0 Å². The van der Waals surface area contributed by atoms with E-state index >= 15 is 0 Å². The lowest BCUT2D eigenvalue weighted by molar-refractivity contribution is 0.162. The van der Waals surface area contributed by atoms with Gasteiger partial charge in [-0.3, -0.25) is 10.00 Å². The molecule has 0 fully saturated rings. The molecule has 4 rings (SSSR count). The first-order valence-electron chi connectivity index (χ1n) is 11.0. The van der Waals surface area contributed by atoms with Gasteiger partial charge in [0.05, 0.1) is 30.6 Å². The van der Waals surface area contributed by atoms with Crippen molar-refractivity contribution in [2.45, 2.75) is 32.9 Å². The molecule has 0 aliphatic rings. The first-order chi connectivity index (χ1) is 16.3. The van der Waals surface area contributed by atoms with Gasteiger partial charge in [-0.1, -0.05) is 18.2 Å². The Morgan fingerprint density at radius 3 is 2.50 bits per heavy atom. The normalized spacial score (nSPS) is 13.1. The largest absolute Gasteiger partial charge is 0.383 e. The van der Waals surface area contributed by atoms with E-state index in [1.165, 1.54) is 0 Å². The highest BCUT2D eigenvalue weighted by Gasteiger charge is 2.30. The molecule has 10 nitrogen and oxygen atoms in total. The predicted molar refractivity (Wildman–Crippen MR) is 126 cm³/mol. The van der Waals surface area contributed by atoms with Gasteiger partial charge >= 0.3 is 0 Å². The zero-order valence-corrected chi connectivity index (χ0v) is 20.3. The molecule has 0 spiro atoms. The van der Waals surface area contributed by atoms with Crippen LogP contribution in [0.15, 0.2) is 36.7 Å². The van der Waals surface area contributed by atoms with Crippen LogP contribution in [0.1, 0.15) is 51.5 Å². The molecule has 10 heteroatoms. The summed E-state index contributed by atoms with van der Waals surface area (Å²) in [5.41, 5.74) is 6.49. The Morgan fingerprint density at radius 2 is 1.91 bits per heavy atom. The molecule has 34 heavy (non-hydrogen) atoms. The van der Waals surface area contributed by atoms with Gasteiger partial charge in [-0.2, -0.15) is 15.0 Å². The van der Waals surface area contributed by atoms with Crippen LogP contribution in [0, 0.1) is 32.1 Å². The minimum absolute atomic E-state index is 0.183. The Labute approximate surface area is 198 Å². The zero-order valence-electron chi connectivity index (χ0n) is 20.3. The molecule has 2 atom stereocenters. The number of nitrogens with one attached hydrogen (secondary N) is 1. The van der Waals surface area contributed by atoms with Gasteiger partial charge in [-0.25, -0.2) is 0 Å². The van der Waals surface area contributed by atoms with Gasteiger partial charge in [0.15, 0.2) is 5.82 Å². The number of aryl methyl sites for hydroxylation is 3. The summed E-state index contributed by atoms with van der Waals surface area (Å²) in [5.74, 6) is 0.626. The summed E-state index contributed by atoms with van der Waals surface area (Å²) >= 11 is 0. The van der Waals surface area contributed by atoms with E-state index < -0.39 is 6.04 Å². The molecule has 0 saturated heterocycles. The molecule has 4 aromatic rings. The third-order valence-corrected chi connectivity index (χ3v) is 6.23. The van der Waals surface area contributed by atoms with E-state index in [0.29, 0.717) is 18.1 Å². The number of ether oxygens (including phenoxy) is 1. The molecule has 0 aliphatic carbocycles. The summed E-state index contributed by atoms with van der Waals surface area (Å²) in [6.07, 6.45) is 3.78. The molecule has 2 unspecified atom stereocenters. The van der Waals surface area contributed by atoms with Crippen LogP contribution in [0.25, 0.3) is 5.69 Å². The van der Waals surface area contributed by atoms with Crippen LogP contribution in [0.5, 0.6) is 0 Å². The molecular weight excluding hydrogens is 430 g/mol. The second-order valence-corrected chi connectivity index (χ2v) is 8.49. The lowest BCUT2D eigenvalue weighted by atomic mass is 10.0. The first-order valence-corrected chi connectivity index (χ1v) is 11.0. The van der Waals surface area contributed by atoms with Crippen LogP contribution in [-0.2, 0) is 18.8 Å². The Hall–Kier alpha value is -3.81. The summed E-state index contributed by atoms with van der Waals surface area (Å²) in [4.78, 5) is 0. The summed E-state index contributed by atoms with van der Waals surface area (Å²) < 4.78 is 11.0. The molecule has 176 valence electrons. The van der Waals surface area contributed by atoms with Crippen molar-refractivity contribution >= 4 is 0 Å². The molecule has 0 aliphatic heterocycles. The van der Waals surface area contributed by atoms with Crippen LogP contribution in [-0.4, -0.2) is 48.3 Å². The number of benzene rings is 1. The topological polar surface area (TPSA) is 111 Å². The average Bonchev–Trinajstić information content (AvgIpc) is 3.52. The number of nitrogens with zero attached hydrogens (tertiary/aromatic N) is 8. The van der Waals surface area contributed by atoms with Crippen molar-refractivity contribution < 1.29 is 4.74 Å². The smallest absolute Gasteiger partial charge is 0.178 e. The highest BCUT2D eigenvalue weighted by molar-refractivity contribution is 5.48. The van der Waals surface area contributed by atoms with Crippen LogP contribution >= 0.6 is 0 Å². The molecule has 1 aromatic carbocycles. The van der Waals surface area contributed by atoms with Gasteiger partial charge < -0.3 is 9.30 Å². The molecule has 0 saturated carbocycles. The fraction of sp³-hybridized carbons (Fsp3) is 0.375.